The minimum Gasteiger partial charge on any atom is -0.480 e. The summed E-state index contributed by atoms with van der Waals surface area (Å²) in [5.74, 6) is -1.54. The molecule has 1 fully saturated rings. The highest BCUT2D eigenvalue weighted by Crippen LogP contribution is 2.12. The zero-order chi connectivity index (χ0) is 17.7. The van der Waals surface area contributed by atoms with E-state index in [0.29, 0.717) is 13.0 Å². The molecule has 3 N–H and O–H groups in total. The molecule has 10 nitrogen and oxygen atoms in total. The number of rotatable bonds is 6. The maximum atomic E-state index is 12.1. The Morgan fingerprint density at radius 1 is 1.50 bits per heavy atom. The van der Waals surface area contributed by atoms with E-state index in [4.69, 9.17) is 14.6 Å². The topological polar surface area (TPSA) is 140 Å². The molecule has 2 heterocycles. The average Bonchev–Trinajstić information content (AvgIpc) is 2.54. The van der Waals surface area contributed by atoms with E-state index in [2.05, 4.69) is 10.3 Å². The molecule has 0 bridgehead atoms. The van der Waals surface area contributed by atoms with Gasteiger partial charge in [-0.1, -0.05) is 0 Å². The van der Waals surface area contributed by atoms with Gasteiger partial charge < -0.3 is 24.9 Å². The van der Waals surface area contributed by atoms with Crippen molar-refractivity contribution >= 4 is 11.9 Å². The van der Waals surface area contributed by atoms with Crippen LogP contribution in [0.3, 0.4) is 0 Å². The lowest BCUT2D eigenvalue weighted by Gasteiger charge is -2.31. The first-order chi connectivity index (χ1) is 11.4. The van der Waals surface area contributed by atoms with Gasteiger partial charge in [-0.25, -0.2) is 9.59 Å². The quantitative estimate of drug-likeness (QED) is 0.543. The van der Waals surface area contributed by atoms with Crippen LogP contribution in [0.25, 0.3) is 0 Å². The van der Waals surface area contributed by atoms with Gasteiger partial charge in [0.15, 0.2) is 0 Å². The maximum Gasteiger partial charge on any atom is 0.329 e. The standard InChI is InChI=1S/C14H19N3O7/c1-17-13(21)8(5-15-14(17)22)4-11(18)16-9-6-23-3-2-10(9)24-7-12(19)20/h5,9-10H,2-4,6-7H2,1H3,(H,15,22)(H,16,18)(H,19,20)/t9-,10+/m1/s1. The van der Waals surface area contributed by atoms with E-state index in [9.17, 15) is 19.2 Å². The van der Waals surface area contributed by atoms with Gasteiger partial charge in [0.05, 0.1) is 25.2 Å². The number of carbonyl (C=O) groups excluding carboxylic acids is 1. The Morgan fingerprint density at radius 3 is 2.96 bits per heavy atom. The van der Waals surface area contributed by atoms with Gasteiger partial charge >= 0.3 is 11.7 Å². The molecule has 1 aromatic heterocycles. The number of amides is 1. The van der Waals surface area contributed by atoms with Crippen molar-refractivity contribution in [3.05, 3.63) is 32.6 Å². The largest absolute Gasteiger partial charge is 0.480 e. The van der Waals surface area contributed by atoms with Gasteiger partial charge in [0.2, 0.25) is 5.91 Å². The summed E-state index contributed by atoms with van der Waals surface area (Å²) in [7, 11) is 1.31. The zero-order valence-corrected chi connectivity index (χ0v) is 13.1. The zero-order valence-electron chi connectivity index (χ0n) is 13.1. The van der Waals surface area contributed by atoms with Crippen LogP contribution in [0.15, 0.2) is 15.8 Å². The SMILES string of the molecule is Cn1c(=O)[nH]cc(CC(=O)N[C@@H]2COCC[C@@H]2OCC(=O)O)c1=O. The van der Waals surface area contributed by atoms with Crippen molar-refractivity contribution in [2.24, 2.45) is 7.05 Å². The summed E-state index contributed by atoms with van der Waals surface area (Å²) in [6.45, 7) is 0.147. The number of ether oxygens (including phenoxy) is 2. The third-order valence-corrected chi connectivity index (χ3v) is 3.67. The highest BCUT2D eigenvalue weighted by molar-refractivity contribution is 5.78. The van der Waals surface area contributed by atoms with Gasteiger partial charge in [0, 0.05) is 25.4 Å². The third kappa shape index (κ3) is 4.52. The molecular formula is C14H19N3O7. The summed E-state index contributed by atoms with van der Waals surface area (Å²) < 4.78 is 11.4. The molecule has 24 heavy (non-hydrogen) atoms. The Labute approximate surface area is 136 Å². The Kier molecular flexibility index (Phi) is 5.88. The molecule has 0 spiro atoms. The van der Waals surface area contributed by atoms with Crippen LogP contribution in [0.5, 0.6) is 0 Å². The first-order valence-corrected chi connectivity index (χ1v) is 7.36. The van der Waals surface area contributed by atoms with Crippen molar-refractivity contribution in [1.29, 1.82) is 0 Å². The van der Waals surface area contributed by atoms with Crippen LogP contribution in [-0.2, 0) is 32.5 Å². The second-order valence-electron chi connectivity index (χ2n) is 5.44. The second-order valence-corrected chi connectivity index (χ2v) is 5.44. The number of hydrogen-bond donors (Lipinski definition) is 3. The van der Waals surface area contributed by atoms with E-state index in [-0.39, 0.29) is 18.6 Å². The molecular weight excluding hydrogens is 322 g/mol. The van der Waals surface area contributed by atoms with Crippen LogP contribution < -0.4 is 16.6 Å². The van der Waals surface area contributed by atoms with Gasteiger partial charge in [0.1, 0.15) is 6.61 Å². The van der Waals surface area contributed by atoms with Crippen LogP contribution in [0.2, 0.25) is 0 Å². The molecule has 1 aliphatic heterocycles. The minimum atomic E-state index is -1.09. The normalized spacial score (nSPS) is 20.5. The van der Waals surface area contributed by atoms with E-state index >= 15 is 0 Å². The van der Waals surface area contributed by atoms with Crippen LogP contribution in [0.4, 0.5) is 0 Å². The first-order valence-electron chi connectivity index (χ1n) is 7.36. The van der Waals surface area contributed by atoms with E-state index in [1.807, 2.05) is 0 Å². The van der Waals surface area contributed by atoms with Gasteiger partial charge in [-0.15, -0.1) is 0 Å². The summed E-state index contributed by atoms with van der Waals surface area (Å²) in [6, 6.07) is -0.503. The predicted molar refractivity (Wildman–Crippen MR) is 80.8 cm³/mol. The van der Waals surface area contributed by atoms with Gasteiger partial charge in [-0.3, -0.25) is 14.2 Å². The van der Waals surface area contributed by atoms with Crippen molar-refractivity contribution in [2.45, 2.75) is 25.0 Å². The lowest BCUT2D eigenvalue weighted by atomic mass is 10.1. The monoisotopic (exact) mass is 341 g/mol. The number of hydrogen-bond acceptors (Lipinski definition) is 6. The average molecular weight is 341 g/mol. The molecule has 0 radical (unpaired) electrons. The summed E-state index contributed by atoms with van der Waals surface area (Å²) in [5.41, 5.74) is -0.964. The summed E-state index contributed by atoms with van der Waals surface area (Å²) >= 11 is 0. The summed E-state index contributed by atoms with van der Waals surface area (Å²) in [6.07, 6.45) is 0.974. The predicted octanol–water partition coefficient (Wildman–Crippen LogP) is -2.01. The summed E-state index contributed by atoms with van der Waals surface area (Å²) in [4.78, 5) is 48.3. The number of aliphatic carboxylic acids is 1. The fourth-order valence-corrected chi connectivity index (χ4v) is 2.40. The van der Waals surface area contributed by atoms with Crippen molar-refractivity contribution in [1.82, 2.24) is 14.9 Å². The number of aromatic nitrogens is 2. The highest BCUT2D eigenvalue weighted by Gasteiger charge is 2.28. The molecule has 0 saturated carbocycles. The number of carboxylic acids is 1. The van der Waals surface area contributed by atoms with Crippen LogP contribution >= 0.6 is 0 Å². The Balaban J connectivity index is 1.99. The van der Waals surface area contributed by atoms with Crippen molar-refractivity contribution in [2.75, 3.05) is 19.8 Å². The Hall–Kier alpha value is -2.46. The van der Waals surface area contributed by atoms with Gasteiger partial charge in [-0.05, 0) is 6.42 Å². The van der Waals surface area contributed by atoms with Crippen LogP contribution in [-0.4, -0.2) is 58.5 Å². The molecule has 1 amide bonds. The van der Waals surface area contributed by atoms with Gasteiger partial charge in [-0.2, -0.15) is 0 Å². The smallest absolute Gasteiger partial charge is 0.329 e. The molecule has 0 unspecified atom stereocenters. The molecule has 10 heteroatoms. The fraction of sp³-hybridized carbons (Fsp3) is 0.571. The van der Waals surface area contributed by atoms with Crippen molar-refractivity contribution < 1.29 is 24.2 Å². The minimum absolute atomic E-state index is 0.148. The second kappa shape index (κ2) is 7.88. The number of aromatic amines is 1. The Bertz CT molecular complexity index is 724. The molecule has 0 aromatic carbocycles. The van der Waals surface area contributed by atoms with Gasteiger partial charge in [0.25, 0.3) is 5.56 Å². The lowest BCUT2D eigenvalue weighted by molar-refractivity contribution is -0.148. The number of nitrogens with one attached hydrogen (secondary N) is 2. The molecule has 2 atom stereocenters. The van der Waals surface area contributed by atoms with Crippen LogP contribution in [0, 0.1) is 0 Å². The fourth-order valence-electron chi connectivity index (χ4n) is 2.40. The van der Waals surface area contributed by atoms with E-state index in [1.54, 1.807) is 0 Å². The van der Waals surface area contributed by atoms with Crippen molar-refractivity contribution in [3.8, 4) is 0 Å². The molecule has 1 aromatic rings. The Morgan fingerprint density at radius 2 is 2.25 bits per heavy atom. The lowest BCUT2D eigenvalue weighted by Crippen LogP contribution is -2.51. The first kappa shape index (κ1) is 17.9. The number of carboxylic acid groups (broad SMARTS) is 1. The van der Waals surface area contributed by atoms with E-state index in [1.165, 1.54) is 13.2 Å². The summed E-state index contributed by atoms with van der Waals surface area (Å²) in [5, 5.41) is 11.4. The molecule has 1 saturated heterocycles. The third-order valence-electron chi connectivity index (χ3n) is 3.67. The van der Waals surface area contributed by atoms with Crippen LogP contribution in [0.1, 0.15) is 12.0 Å². The van der Waals surface area contributed by atoms with Crippen molar-refractivity contribution in [3.63, 3.8) is 0 Å². The number of nitrogens with zero attached hydrogens (tertiary/aromatic N) is 1. The van der Waals surface area contributed by atoms with E-state index in [0.717, 1.165) is 4.57 Å². The number of H-pyrrole nitrogens is 1. The molecule has 2 rings (SSSR count). The molecule has 1 aliphatic rings. The van der Waals surface area contributed by atoms with E-state index < -0.39 is 41.9 Å². The number of carbonyl (C=O) groups is 2. The highest BCUT2D eigenvalue weighted by atomic mass is 16.5. The molecule has 0 aliphatic carbocycles. The molecule has 132 valence electrons. The maximum absolute atomic E-state index is 12.1.